The van der Waals surface area contributed by atoms with Crippen molar-refractivity contribution in [2.45, 2.75) is 39.2 Å². The molecule has 1 aliphatic carbocycles. The van der Waals surface area contributed by atoms with Gasteiger partial charge < -0.3 is 15.2 Å². The fourth-order valence-corrected chi connectivity index (χ4v) is 2.18. The third-order valence-corrected chi connectivity index (χ3v) is 3.27. The Morgan fingerprint density at radius 3 is 2.53 bits per heavy atom. The topological polar surface area (TPSA) is 105 Å². The lowest BCUT2D eigenvalue weighted by atomic mass is 9.87. The van der Waals surface area contributed by atoms with Crippen molar-refractivity contribution in [1.82, 2.24) is 10.6 Å². The van der Waals surface area contributed by atoms with E-state index < -0.39 is 31.1 Å². The van der Waals surface area contributed by atoms with Crippen LogP contribution >= 0.6 is 0 Å². The summed E-state index contributed by atoms with van der Waals surface area (Å²) >= 11 is 0. The molecule has 0 saturated heterocycles. The summed E-state index contributed by atoms with van der Waals surface area (Å²) in [4.78, 5) is 33.0. The lowest BCUT2D eigenvalue weighted by Gasteiger charge is -2.27. The maximum Gasteiger partial charge on any atom is 0.329 e. The van der Waals surface area contributed by atoms with Gasteiger partial charge in [0.05, 0.1) is 0 Å². The number of amides is 3. The fourth-order valence-electron chi connectivity index (χ4n) is 2.18. The molecule has 3 amide bonds. The lowest BCUT2D eigenvalue weighted by molar-refractivity contribution is -0.143. The second-order valence-electron chi connectivity index (χ2n) is 5.34. The summed E-state index contributed by atoms with van der Waals surface area (Å²) in [6, 6.07) is -0.524. The highest BCUT2D eigenvalue weighted by Crippen LogP contribution is 2.36. The molecule has 7 heteroatoms. The standard InChI is InChI=1S/C12H20N2O5/c1-12(2)5-3-4-8(12)13-11(18)14-9(15)6-19-7-10(16)17/h8H,3-7H2,1-2H3,(H,16,17)(H2,13,14,15,18). The molecule has 0 aromatic heterocycles. The molecule has 0 aliphatic heterocycles. The van der Waals surface area contributed by atoms with E-state index in [1.165, 1.54) is 0 Å². The van der Waals surface area contributed by atoms with E-state index in [4.69, 9.17) is 5.11 Å². The minimum Gasteiger partial charge on any atom is -0.480 e. The third-order valence-electron chi connectivity index (χ3n) is 3.27. The summed E-state index contributed by atoms with van der Waals surface area (Å²) in [6.07, 6.45) is 2.98. The molecule has 0 aromatic rings. The fraction of sp³-hybridized carbons (Fsp3) is 0.750. The second kappa shape index (κ2) is 6.51. The Bertz CT molecular complexity index is 367. The van der Waals surface area contributed by atoms with Crippen LogP contribution in [-0.4, -0.2) is 42.3 Å². The maximum absolute atomic E-state index is 11.6. The number of carbonyl (C=O) groups excluding carboxylic acids is 2. The van der Waals surface area contributed by atoms with Gasteiger partial charge in [0.1, 0.15) is 13.2 Å². The minimum atomic E-state index is -1.16. The predicted molar refractivity (Wildman–Crippen MR) is 66.5 cm³/mol. The van der Waals surface area contributed by atoms with E-state index in [1.807, 2.05) is 0 Å². The molecule has 0 radical (unpaired) electrons. The minimum absolute atomic E-state index is 0.0280. The first-order valence-electron chi connectivity index (χ1n) is 6.21. The zero-order valence-corrected chi connectivity index (χ0v) is 11.2. The smallest absolute Gasteiger partial charge is 0.329 e. The van der Waals surface area contributed by atoms with E-state index in [0.29, 0.717) is 0 Å². The molecule has 0 bridgehead atoms. The van der Waals surface area contributed by atoms with Crippen LogP contribution in [0.15, 0.2) is 0 Å². The van der Waals surface area contributed by atoms with Crippen molar-refractivity contribution >= 4 is 17.9 Å². The number of imide groups is 1. The summed E-state index contributed by atoms with van der Waals surface area (Å²) < 4.78 is 4.58. The van der Waals surface area contributed by atoms with E-state index in [-0.39, 0.29) is 11.5 Å². The van der Waals surface area contributed by atoms with E-state index in [0.717, 1.165) is 19.3 Å². The summed E-state index contributed by atoms with van der Waals surface area (Å²) in [6.45, 7) is 3.13. The first kappa shape index (κ1) is 15.4. The largest absolute Gasteiger partial charge is 0.480 e. The van der Waals surface area contributed by atoms with E-state index in [9.17, 15) is 14.4 Å². The van der Waals surface area contributed by atoms with Crippen molar-refractivity contribution in [2.24, 2.45) is 5.41 Å². The molecule has 1 saturated carbocycles. The Morgan fingerprint density at radius 2 is 2.00 bits per heavy atom. The van der Waals surface area contributed by atoms with Crippen molar-refractivity contribution in [3.05, 3.63) is 0 Å². The second-order valence-corrected chi connectivity index (χ2v) is 5.34. The number of aliphatic carboxylic acids is 1. The van der Waals surface area contributed by atoms with Gasteiger partial charge in [-0.2, -0.15) is 0 Å². The van der Waals surface area contributed by atoms with Crippen LogP contribution in [0.25, 0.3) is 0 Å². The molecule has 0 heterocycles. The van der Waals surface area contributed by atoms with Gasteiger partial charge in [-0.25, -0.2) is 9.59 Å². The highest BCUT2D eigenvalue weighted by molar-refractivity contribution is 5.95. The van der Waals surface area contributed by atoms with Gasteiger partial charge >= 0.3 is 12.0 Å². The van der Waals surface area contributed by atoms with E-state index in [2.05, 4.69) is 29.2 Å². The zero-order valence-electron chi connectivity index (χ0n) is 11.2. The van der Waals surface area contributed by atoms with Gasteiger partial charge in [-0.05, 0) is 18.3 Å². The van der Waals surface area contributed by atoms with E-state index in [1.54, 1.807) is 0 Å². The van der Waals surface area contributed by atoms with Crippen molar-refractivity contribution in [3.8, 4) is 0 Å². The molecule has 0 aromatic carbocycles. The molecule has 7 nitrogen and oxygen atoms in total. The van der Waals surface area contributed by atoms with Crippen LogP contribution < -0.4 is 10.6 Å². The average Bonchev–Trinajstić information content (AvgIpc) is 2.57. The lowest BCUT2D eigenvalue weighted by Crippen LogP contribution is -2.48. The Balaban J connectivity index is 2.27. The molecule has 1 unspecified atom stereocenters. The molecule has 1 aliphatic rings. The van der Waals surface area contributed by atoms with Gasteiger partial charge in [0, 0.05) is 6.04 Å². The van der Waals surface area contributed by atoms with Gasteiger partial charge in [0.15, 0.2) is 0 Å². The Labute approximate surface area is 111 Å². The van der Waals surface area contributed by atoms with Crippen LogP contribution in [-0.2, 0) is 14.3 Å². The number of urea groups is 1. The van der Waals surface area contributed by atoms with Crippen LogP contribution in [0.1, 0.15) is 33.1 Å². The van der Waals surface area contributed by atoms with Crippen LogP contribution in [0.2, 0.25) is 0 Å². The average molecular weight is 272 g/mol. The molecule has 19 heavy (non-hydrogen) atoms. The molecular formula is C12H20N2O5. The van der Waals surface area contributed by atoms with Crippen molar-refractivity contribution in [2.75, 3.05) is 13.2 Å². The zero-order chi connectivity index (χ0) is 14.5. The highest BCUT2D eigenvalue weighted by Gasteiger charge is 2.35. The van der Waals surface area contributed by atoms with Gasteiger partial charge in [-0.15, -0.1) is 0 Å². The van der Waals surface area contributed by atoms with Gasteiger partial charge in [0.25, 0.3) is 5.91 Å². The summed E-state index contributed by atoms with van der Waals surface area (Å²) in [5.41, 5.74) is 0.0280. The third kappa shape index (κ3) is 5.25. The monoisotopic (exact) mass is 272 g/mol. The van der Waals surface area contributed by atoms with Crippen LogP contribution in [0.3, 0.4) is 0 Å². The van der Waals surface area contributed by atoms with Gasteiger partial charge in [0.2, 0.25) is 0 Å². The number of hydrogen-bond acceptors (Lipinski definition) is 4. The number of hydrogen-bond donors (Lipinski definition) is 3. The molecular weight excluding hydrogens is 252 g/mol. The van der Waals surface area contributed by atoms with Gasteiger partial charge in [-0.3, -0.25) is 10.1 Å². The van der Waals surface area contributed by atoms with Crippen LogP contribution in [0.5, 0.6) is 0 Å². The number of nitrogens with one attached hydrogen (secondary N) is 2. The maximum atomic E-state index is 11.6. The summed E-state index contributed by atoms with van der Waals surface area (Å²) in [5, 5.41) is 13.2. The Kier molecular flexibility index (Phi) is 5.29. The molecule has 1 rings (SSSR count). The normalized spacial score (nSPS) is 20.8. The molecule has 3 N–H and O–H groups in total. The Morgan fingerprint density at radius 1 is 1.32 bits per heavy atom. The SMILES string of the molecule is CC1(C)CCCC1NC(=O)NC(=O)COCC(=O)O. The van der Waals surface area contributed by atoms with Crippen molar-refractivity contribution in [1.29, 1.82) is 0 Å². The molecule has 1 atom stereocenters. The first-order valence-corrected chi connectivity index (χ1v) is 6.21. The quantitative estimate of drug-likeness (QED) is 0.675. The van der Waals surface area contributed by atoms with Crippen molar-refractivity contribution in [3.63, 3.8) is 0 Å². The number of carbonyl (C=O) groups is 3. The first-order chi connectivity index (χ1) is 8.81. The molecule has 108 valence electrons. The Hall–Kier alpha value is -1.63. The van der Waals surface area contributed by atoms with E-state index >= 15 is 0 Å². The molecule has 0 spiro atoms. The number of carboxylic acid groups (broad SMARTS) is 1. The predicted octanol–water partition coefficient (Wildman–Crippen LogP) is 0.492. The number of carboxylic acids is 1. The summed E-state index contributed by atoms with van der Waals surface area (Å²) in [7, 11) is 0. The number of rotatable bonds is 5. The van der Waals surface area contributed by atoms with Crippen molar-refractivity contribution < 1.29 is 24.2 Å². The molecule has 1 fully saturated rings. The van der Waals surface area contributed by atoms with Gasteiger partial charge in [-0.1, -0.05) is 20.3 Å². The summed E-state index contributed by atoms with van der Waals surface area (Å²) in [5.74, 6) is -1.82. The van der Waals surface area contributed by atoms with Crippen LogP contribution in [0.4, 0.5) is 4.79 Å². The highest BCUT2D eigenvalue weighted by atomic mass is 16.5. The number of ether oxygens (including phenoxy) is 1. The van der Waals surface area contributed by atoms with Crippen LogP contribution in [0, 0.1) is 5.41 Å².